The molecule has 0 N–H and O–H groups in total. The van der Waals surface area contributed by atoms with E-state index >= 15 is 0 Å². The minimum atomic E-state index is -0.397. The highest BCUT2D eigenvalue weighted by Gasteiger charge is 2.27. The van der Waals surface area contributed by atoms with E-state index in [1.807, 2.05) is 54.0 Å². The number of amides is 1. The predicted octanol–water partition coefficient (Wildman–Crippen LogP) is 5.17. The molecule has 7 heteroatoms. The summed E-state index contributed by atoms with van der Waals surface area (Å²) >= 11 is 1.37. The van der Waals surface area contributed by atoms with Gasteiger partial charge in [0.05, 0.1) is 16.2 Å². The van der Waals surface area contributed by atoms with E-state index < -0.39 is 5.25 Å². The molecule has 1 amide bonds. The van der Waals surface area contributed by atoms with E-state index in [4.69, 9.17) is 4.98 Å². The first kappa shape index (κ1) is 22.8. The summed E-state index contributed by atoms with van der Waals surface area (Å²) in [5.41, 5.74) is 3.22. The zero-order valence-electron chi connectivity index (χ0n) is 19.6. The third kappa shape index (κ3) is 4.17. The zero-order valence-corrected chi connectivity index (χ0v) is 20.4. The number of rotatable bonds is 5. The van der Waals surface area contributed by atoms with Gasteiger partial charge in [-0.05, 0) is 62.1 Å². The number of carbonyl (C=O) groups excluding carboxylic acids is 2. The Labute approximate surface area is 203 Å². The van der Waals surface area contributed by atoms with Crippen molar-refractivity contribution in [1.29, 1.82) is 0 Å². The second-order valence-corrected chi connectivity index (χ2v) is 10.6. The maximum atomic E-state index is 13.5. The summed E-state index contributed by atoms with van der Waals surface area (Å²) in [5, 5.41) is 0.858. The molecule has 2 heterocycles. The number of fused-ring (bicyclic) bond motifs is 2. The first-order valence-corrected chi connectivity index (χ1v) is 12.9. The topological polar surface area (TPSA) is 72.3 Å². The van der Waals surface area contributed by atoms with Gasteiger partial charge in [-0.3, -0.25) is 19.0 Å². The molecule has 5 rings (SSSR count). The van der Waals surface area contributed by atoms with Crippen LogP contribution < -0.4 is 10.5 Å². The number of thioether (sulfide) groups is 1. The molecular weight excluding hydrogens is 446 g/mol. The molecule has 176 valence electrons. The third-order valence-electron chi connectivity index (χ3n) is 7.01. The number of aromatic nitrogens is 2. The number of benzene rings is 2. The molecular formula is C27H29N3O3S. The fourth-order valence-corrected chi connectivity index (χ4v) is 6.25. The summed E-state index contributed by atoms with van der Waals surface area (Å²) in [5.74, 6) is 0.0245. The highest BCUT2D eigenvalue weighted by Crippen LogP contribution is 2.34. The first-order valence-electron chi connectivity index (χ1n) is 12.1. The van der Waals surface area contributed by atoms with E-state index in [2.05, 4.69) is 0 Å². The lowest BCUT2D eigenvalue weighted by molar-refractivity contribution is -0.116. The van der Waals surface area contributed by atoms with Crippen molar-refractivity contribution in [3.8, 4) is 0 Å². The lowest BCUT2D eigenvalue weighted by Crippen LogP contribution is -2.30. The summed E-state index contributed by atoms with van der Waals surface area (Å²) in [6, 6.07) is 13.2. The quantitative estimate of drug-likeness (QED) is 0.289. The summed E-state index contributed by atoms with van der Waals surface area (Å²) in [7, 11) is 0. The van der Waals surface area contributed by atoms with Gasteiger partial charge in [-0.1, -0.05) is 43.2 Å². The molecule has 34 heavy (non-hydrogen) atoms. The summed E-state index contributed by atoms with van der Waals surface area (Å²) in [6.45, 7) is 4.10. The number of ketones is 1. The Morgan fingerprint density at radius 1 is 1.09 bits per heavy atom. The molecule has 0 radical (unpaired) electrons. The van der Waals surface area contributed by atoms with Gasteiger partial charge in [-0.2, -0.15) is 0 Å². The SMILES string of the molecule is CC(=O)N1CCc2cc(C(=O)C(C)Sc3nc4ccccc4c(=O)n3C3CCCCC3)ccc21. The van der Waals surface area contributed by atoms with E-state index in [-0.39, 0.29) is 23.3 Å². The average molecular weight is 476 g/mol. The zero-order chi connectivity index (χ0) is 23.8. The van der Waals surface area contributed by atoms with E-state index in [0.29, 0.717) is 28.2 Å². The fourth-order valence-electron chi connectivity index (χ4n) is 5.20. The van der Waals surface area contributed by atoms with Crippen molar-refractivity contribution in [1.82, 2.24) is 9.55 Å². The molecule has 2 aromatic carbocycles. The molecule has 2 aliphatic rings. The maximum absolute atomic E-state index is 13.5. The van der Waals surface area contributed by atoms with Crippen molar-refractivity contribution in [2.45, 2.75) is 68.8 Å². The molecule has 1 unspecified atom stereocenters. The van der Waals surface area contributed by atoms with E-state index in [0.717, 1.165) is 43.4 Å². The Hall–Kier alpha value is -2.93. The number of carbonyl (C=O) groups is 2. The normalized spacial score (nSPS) is 17.1. The van der Waals surface area contributed by atoms with Crippen LogP contribution in [0.4, 0.5) is 5.69 Å². The standard InChI is InChI=1S/C27H29N3O3S/c1-17(25(32)20-12-13-24-19(16-20)14-15-29(24)18(2)31)34-27-28-23-11-7-6-10-22(23)26(33)30(27)21-8-4-3-5-9-21/h6-7,10-13,16-17,21H,3-5,8-9,14-15H2,1-2H3. The second-order valence-electron chi connectivity index (χ2n) is 9.27. The van der Waals surface area contributed by atoms with E-state index in [1.54, 1.807) is 11.8 Å². The highest BCUT2D eigenvalue weighted by molar-refractivity contribution is 8.00. The average Bonchev–Trinajstić information content (AvgIpc) is 3.28. The van der Waals surface area contributed by atoms with Gasteiger partial charge < -0.3 is 4.90 Å². The van der Waals surface area contributed by atoms with Crippen LogP contribution in [0.1, 0.15) is 67.9 Å². The smallest absolute Gasteiger partial charge is 0.262 e. The molecule has 3 aromatic rings. The number of hydrogen-bond donors (Lipinski definition) is 0. The monoisotopic (exact) mass is 475 g/mol. The molecule has 1 fully saturated rings. The van der Waals surface area contributed by atoms with E-state index in [9.17, 15) is 14.4 Å². The molecule has 0 bridgehead atoms. The van der Waals surface area contributed by atoms with Crippen LogP contribution in [0.2, 0.25) is 0 Å². The fraction of sp³-hybridized carbons (Fsp3) is 0.407. The lowest BCUT2D eigenvalue weighted by atomic mass is 9.95. The number of nitrogens with zero attached hydrogens (tertiary/aromatic N) is 3. The van der Waals surface area contributed by atoms with Crippen LogP contribution >= 0.6 is 11.8 Å². The number of para-hydroxylation sites is 1. The maximum Gasteiger partial charge on any atom is 0.262 e. The van der Waals surface area contributed by atoms with Gasteiger partial charge in [0.2, 0.25) is 5.91 Å². The van der Waals surface area contributed by atoms with Crippen LogP contribution in [0.15, 0.2) is 52.4 Å². The van der Waals surface area contributed by atoms with Crippen LogP contribution in [0.25, 0.3) is 10.9 Å². The van der Waals surface area contributed by atoms with Crippen molar-refractivity contribution in [2.24, 2.45) is 0 Å². The molecule has 0 spiro atoms. The molecule has 6 nitrogen and oxygen atoms in total. The molecule has 1 saturated carbocycles. The van der Waals surface area contributed by atoms with Gasteiger partial charge >= 0.3 is 0 Å². The molecule has 1 aromatic heterocycles. The van der Waals surface area contributed by atoms with Gasteiger partial charge in [0.25, 0.3) is 5.56 Å². The Balaban J connectivity index is 1.46. The summed E-state index contributed by atoms with van der Waals surface area (Å²) in [4.78, 5) is 45.3. The molecule has 1 atom stereocenters. The second kappa shape index (κ2) is 9.37. The van der Waals surface area contributed by atoms with Gasteiger partial charge in [0.15, 0.2) is 10.9 Å². The summed E-state index contributed by atoms with van der Waals surface area (Å²) in [6.07, 6.45) is 6.10. The van der Waals surface area contributed by atoms with Crippen LogP contribution in [-0.4, -0.2) is 33.0 Å². The highest BCUT2D eigenvalue weighted by atomic mass is 32.2. The van der Waals surface area contributed by atoms with Crippen molar-refractivity contribution in [3.63, 3.8) is 0 Å². The molecule has 0 saturated heterocycles. The lowest BCUT2D eigenvalue weighted by Gasteiger charge is -2.26. The van der Waals surface area contributed by atoms with Crippen LogP contribution in [-0.2, 0) is 11.2 Å². The van der Waals surface area contributed by atoms with Crippen molar-refractivity contribution in [3.05, 3.63) is 63.9 Å². The van der Waals surface area contributed by atoms with Crippen LogP contribution in [0.5, 0.6) is 0 Å². The minimum Gasteiger partial charge on any atom is -0.312 e. The van der Waals surface area contributed by atoms with Crippen molar-refractivity contribution in [2.75, 3.05) is 11.4 Å². The first-order chi connectivity index (χ1) is 16.4. The van der Waals surface area contributed by atoms with Gasteiger partial charge in [0, 0.05) is 30.8 Å². The van der Waals surface area contributed by atoms with Gasteiger partial charge in [0.1, 0.15) is 0 Å². The van der Waals surface area contributed by atoms with E-state index in [1.165, 1.54) is 18.2 Å². The van der Waals surface area contributed by atoms with Crippen molar-refractivity contribution < 1.29 is 9.59 Å². The van der Waals surface area contributed by atoms with Crippen LogP contribution in [0.3, 0.4) is 0 Å². The van der Waals surface area contributed by atoms with Crippen molar-refractivity contribution >= 4 is 40.0 Å². The number of Topliss-reactive ketones (excluding diaryl/α,β-unsaturated/α-hetero) is 1. The third-order valence-corrected chi connectivity index (χ3v) is 8.07. The summed E-state index contributed by atoms with van der Waals surface area (Å²) < 4.78 is 1.85. The number of hydrogen-bond acceptors (Lipinski definition) is 5. The minimum absolute atomic E-state index is 0.00618. The number of anilines is 1. The largest absolute Gasteiger partial charge is 0.312 e. The molecule has 1 aliphatic carbocycles. The van der Waals surface area contributed by atoms with Crippen LogP contribution in [0, 0.1) is 0 Å². The Morgan fingerprint density at radius 2 is 1.85 bits per heavy atom. The Kier molecular flexibility index (Phi) is 6.30. The Morgan fingerprint density at radius 3 is 2.62 bits per heavy atom. The van der Waals surface area contributed by atoms with Gasteiger partial charge in [-0.25, -0.2) is 4.98 Å². The predicted molar refractivity (Wildman–Crippen MR) is 136 cm³/mol. The van der Waals surface area contributed by atoms with Gasteiger partial charge in [-0.15, -0.1) is 0 Å². The Bertz CT molecular complexity index is 1330. The molecule has 1 aliphatic heterocycles.